The van der Waals surface area contributed by atoms with Crippen LogP contribution in [0.5, 0.6) is 0 Å². The number of carbonyl (C=O) groups is 1. The van der Waals surface area contributed by atoms with Crippen molar-refractivity contribution < 1.29 is 18.3 Å². The molecule has 0 aromatic carbocycles. The minimum atomic E-state index is -3.32. The number of nitrogens with zero attached hydrogens (tertiary/aromatic N) is 1. The third-order valence-corrected chi connectivity index (χ3v) is 3.63. The van der Waals surface area contributed by atoms with Crippen LogP contribution in [0.1, 0.15) is 24.3 Å². The van der Waals surface area contributed by atoms with E-state index in [0.29, 0.717) is 5.00 Å². The molecular weight excluding hydrogens is 278 g/mol. The van der Waals surface area contributed by atoms with E-state index in [1.807, 2.05) is 0 Å². The van der Waals surface area contributed by atoms with Crippen molar-refractivity contribution >= 4 is 32.3 Å². The van der Waals surface area contributed by atoms with Gasteiger partial charge in [-0.3, -0.25) is 0 Å². The first-order valence-electron chi connectivity index (χ1n) is 5.00. The topological polar surface area (TPSA) is 108 Å². The van der Waals surface area contributed by atoms with Crippen LogP contribution < -0.4 is 10.0 Å². The molecule has 102 valence electrons. The second kappa shape index (κ2) is 5.21. The van der Waals surface area contributed by atoms with Gasteiger partial charge in [0.05, 0.1) is 11.8 Å². The summed E-state index contributed by atoms with van der Waals surface area (Å²) in [5.41, 5.74) is 0.631. The van der Waals surface area contributed by atoms with E-state index in [1.165, 1.54) is 5.51 Å². The molecule has 1 aromatic heterocycles. The van der Waals surface area contributed by atoms with Gasteiger partial charge in [-0.2, -0.15) is 0 Å². The SMILES string of the molecule is CC(C)(CNc1scnc1C(=O)O)NS(C)(=O)=O. The second-order valence-corrected chi connectivity index (χ2v) is 7.05. The van der Waals surface area contributed by atoms with Crippen molar-refractivity contribution in [1.82, 2.24) is 9.71 Å². The number of anilines is 1. The predicted molar refractivity (Wildman–Crippen MR) is 69.6 cm³/mol. The quantitative estimate of drug-likeness (QED) is 0.708. The molecule has 0 saturated heterocycles. The molecule has 0 atom stereocenters. The predicted octanol–water partition coefficient (Wildman–Crippen LogP) is 0.581. The first-order valence-corrected chi connectivity index (χ1v) is 7.77. The third kappa shape index (κ3) is 4.59. The maximum atomic E-state index is 11.1. The fourth-order valence-corrected chi connectivity index (χ4v) is 3.11. The van der Waals surface area contributed by atoms with E-state index in [2.05, 4.69) is 15.0 Å². The van der Waals surface area contributed by atoms with Crippen LogP contribution in [0.25, 0.3) is 0 Å². The van der Waals surface area contributed by atoms with Crippen LogP contribution in [0.3, 0.4) is 0 Å². The fraction of sp³-hybridized carbons (Fsp3) is 0.556. The van der Waals surface area contributed by atoms with Crippen molar-refractivity contribution in [2.24, 2.45) is 0 Å². The molecule has 1 heterocycles. The Kier molecular flexibility index (Phi) is 4.30. The zero-order chi connectivity index (χ0) is 14.0. The Morgan fingerprint density at radius 3 is 2.67 bits per heavy atom. The van der Waals surface area contributed by atoms with Crippen LogP contribution >= 0.6 is 11.3 Å². The number of rotatable bonds is 6. The summed E-state index contributed by atoms with van der Waals surface area (Å²) >= 11 is 1.16. The van der Waals surface area contributed by atoms with Crippen LogP contribution in [0.4, 0.5) is 5.00 Å². The highest BCUT2D eigenvalue weighted by molar-refractivity contribution is 7.88. The zero-order valence-corrected chi connectivity index (χ0v) is 11.9. The molecule has 9 heteroatoms. The van der Waals surface area contributed by atoms with E-state index >= 15 is 0 Å². The second-order valence-electron chi connectivity index (χ2n) is 4.45. The molecule has 7 nitrogen and oxygen atoms in total. The summed E-state index contributed by atoms with van der Waals surface area (Å²) in [5, 5.41) is 12.2. The van der Waals surface area contributed by atoms with E-state index in [1.54, 1.807) is 13.8 Å². The Bertz CT molecular complexity index is 536. The lowest BCUT2D eigenvalue weighted by Gasteiger charge is -2.25. The summed E-state index contributed by atoms with van der Waals surface area (Å²) < 4.78 is 24.7. The van der Waals surface area contributed by atoms with Crippen molar-refractivity contribution in [3.8, 4) is 0 Å². The average Bonchev–Trinajstić information content (AvgIpc) is 2.58. The summed E-state index contributed by atoms with van der Waals surface area (Å²) in [5.74, 6) is -1.12. The van der Waals surface area contributed by atoms with E-state index < -0.39 is 21.5 Å². The molecule has 0 unspecified atom stereocenters. The van der Waals surface area contributed by atoms with Gasteiger partial charge in [-0.25, -0.2) is 22.9 Å². The molecule has 0 aliphatic rings. The molecule has 0 aliphatic heterocycles. The lowest BCUT2D eigenvalue weighted by Crippen LogP contribution is -2.47. The molecule has 0 saturated carbocycles. The van der Waals surface area contributed by atoms with Gasteiger partial charge in [0.2, 0.25) is 10.0 Å². The van der Waals surface area contributed by atoms with Crippen molar-refractivity contribution in [2.75, 3.05) is 18.1 Å². The summed E-state index contributed by atoms with van der Waals surface area (Å²) in [7, 11) is -3.32. The summed E-state index contributed by atoms with van der Waals surface area (Å²) in [4.78, 5) is 14.5. The first-order chi connectivity index (χ1) is 8.11. The van der Waals surface area contributed by atoms with Gasteiger partial charge in [0.1, 0.15) is 5.00 Å². The van der Waals surface area contributed by atoms with Gasteiger partial charge in [0, 0.05) is 12.1 Å². The van der Waals surface area contributed by atoms with Crippen LogP contribution in [-0.2, 0) is 10.0 Å². The lowest BCUT2D eigenvalue weighted by molar-refractivity contribution is 0.0692. The Morgan fingerprint density at radius 1 is 1.56 bits per heavy atom. The lowest BCUT2D eigenvalue weighted by atomic mass is 10.1. The summed E-state index contributed by atoms with van der Waals surface area (Å²) in [6.07, 6.45) is 1.07. The normalized spacial score (nSPS) is 12.4. The summed E-state index contributed by atoms with van der Waals surface area (Å²) in [6.45, 7) is 3.65. The first kappa shape index (κ1) is 14.9. The molecule has 0 radical (unpaired) electrons. The number of thiazole rings is 1. The maximum Gasteiger partial charge on any atom is 0.357 e. The average molecular weight is 293 g/mol. The molecule has 1 aromatic rings. The smallest absolute Gasteiger partial charge is 0.357 e. The fourth-order valence-electron chi connectivity index (χ4n) is 1.36. The number of aromatic nitrogens is 1. The van der Waals surface area contributed by atoms with E-state index in [4.69, 9.17) is 5.11 Å². The standard InChI is InChI=1S/C9H15N3O4S2/c1-9(2,12-18(3,15)16)4-10-7-6(8(13)14)11-5-17-7/h5,10,12H,4H2,1-3H3,(H,13,14). The number of aromatic carboxylic acids is 1. The molecule has 18 heavy (non-hydrogen) atoms. The van der Waals surface area contributed by atoms with Crippen molar-refractivity contribution in [2.45, 2.75) is 19.4 Å². The van der Waals surface area contributed by atoms with Crippen molar-refractivity contribution in [3.63, 3.8) is 0 Å². The maximum absolute atomic E-state index is 11.1. The van der Waals surface area contributed by atoms with Gasteiger partial charge in [-0.05, 0) is 13.8 Å². The number of carboxylic acids is 1. The monoisotopic (exact) mass is 293 g/mol. The number of sulfonamides is 1. The van der Waals surface area contributed by atoms with Crippen LogP contribution in [-0.4, -0.2) is 42.8 Å². The number of hydrogen-bond donors (Lipinski definition) is 3. The van der Waals surface area contributed by atoms with Gasteiger partial charge in [0.25, 0.3) is 0 Å². The molecule has 0 amide bonds. The third-order valence-electron chi connectivity index (χ3n) is 1.92. The molecule has 0 fully saturated rings. The zero-order valence-electron chi connectivity index (χ0n) is 10.2. The number of carboxylic acid groups (broad SMARTS) is 1. The Balaban J connectivity index is 2.70. The van der Waals surface area contributed by atoms with Gasteiger partial charge < -0.3 is 10.4 Å². The largest absolute Gasteiger partial charge is 0.476 e. The Morgan fingerprint density at radius 2 is 2.17 bits per heavy atom. The van der Waals surface area contributed by atoms with Crippen molar-refractivity contribution in [3.05, 3.63) is 11.2 Å². The van der Waals surface area contributed by atoms with Crippen molar-refractivity contribution in [1.29, 1.82) is 0 Å². The van der Waals surface area contributed by atoms with E-state index in [-0.39, 0.29) is 12.2 Å². The highest BCUT2D eigenvalue weighted by atomic mass is 32.2. The molecule has 0 aliphatic carbocycles. The number of nitrogens with one attached hydrogen (secondary N) is 2. The Hall–Kier alpha value is -1.19. The van der Waals surface area contributed by atoms with Gasteiger partial charge in [0.15, 0.2) is 5.69 Å². The van der Waals surface area contributed by atoms with E-state index in [9.17, 15) is 13.2 Å². The van der Waals surface area contributed by atoms with Gasteiger partial charge in [-0.1, -0.05) is 0 Å². The van der Waals surface area contributed by atoms with Gasteiger partial charge >= 0.3 is 5.97 Å². The minimum Gasteiger partial charge on any atom is -0.476 e. The molecular formula is C9H15N3O4S2. The van der Waals surface area contributed by atoms with Crippen LogP contribution in [0.15, 0.2) is 5.51 Å². The van der Waals surface area contributed by atoms with E-state index in [0.717, 1.165) is 17.6 Å². The molecule has 0 spiro atoms. The summed E-state index contributed by atoms with van der Waals surface area (Å²) in [6, 6.07) is 0. The highest BCUT2D eigenvalue weighted by Crippen LogP contribution is 2.20. The minimum absolute atomic E-state index is 0.0600. The van der Waals surface area contributed by atoms with Gasteiger partial charge in [-0.15, -0.1) is 11.3 Å². The number of hydrogen-bond acceptors (Lipinski definition) is 6. The highest BCUT2D eigenvalue weighted by Gasteiger charge is 2.23. The Labute approximate surface area is 109 Å². The molecule has 1 rings (SSSR count). The molecule has 0 bridgehead atoms. The van der Waals surface area contributed by atoms with Crippen LogP contribution in [0, 0.1) is 0 Å². The molecule has 3 N–H and O–H groups in total. The van der Waals surface area contributed by atoms with Crippen LogP contribution in [0.2, 0.25) is 0 Å².